The fourth-order valence-electron chi connectivity index (χ4n) is 1.77. The molecule has 2 aromatic rings. The minimum Gasteiger partial charge on any atom is -0.320 e. The average molecular weight is 358 g/mol. The van der Waals surface area contributed by atoms with Crippen molar-refractivity contribution in [1.29, 1.82) is 0 Å². The smallest absolute Gasteiger partial charge is 0.257 e. The van der Waals surface area contributed by atoms with E-state index in [9.17, 15) is 9.18 Å². The van der Waals surface area contributed by atoms with Crippen molar-refractivity contribution < 1.29 is 9.18 Å². The zero-order chi connectivity index (χ0) is 14.9. The number of carbonyl (C=O) groups is 1. The number of pyridine rings is 1. The number of benzene rings is 1. The molecule has 6 heteroatoms. The summed E-state index contributed by atoms with van der Waals surface area (Å²) in [6.45, 7) is 3.60. The number of nitrogens with one attached hydrogen (secondary N) is 1. The van der Waals surface area contributed by atoms with Crippen molar-refractivity contribution in [2.45, 2.75) is 13.8 Å². The summed E-state index contributed by atoms with van der Waals surface area (Å²) in [5.41, 5.74) is 2.23. The first-order valence-electron chi connectivity index (χ1n) is 5.78. The maximum atomic E-state index is 13.1. The van der Waals surface area contributed by atoms with Gasteiger partial charge in [0.15, 0.2) is 0 Å². The molecule has 0 aliphatic rings. The Kier molecular flexibility index (Phi) is 4.40. The second kappa shape index (κ2) is 5.89. The number of hydrogen-bond acceptors (Lipinski definition) is 2. The van der Waals surface area contributed by atoms with Crippen molar-refractivity contribution in [1.82, 2.24) is 4.98 Å². The van der Waals surface area contributed by atoms with Crippen molar-refractivity contribution in [2.24, 2.45) is 0 Å². The van der Waals surface area contributed by atoms with Gasteiger partial charge in [0.05, 0.1) is 22.0 Å². The largest absolute Gasteiger partial charge is 0.320 e. The lowest BCUT2D eigenvalue weighted by atomic mass is 10.1. The Morgan fingerprint density at radius 1 is 1.35 bits per heavy atom. The third-order valence-electron chi connectivity index (χ3n) is 2.72. The second-order valence-corrected chi connectivity index (χ2v) is 5.55. The van der Waals surface area contributed by atoms with Gasteiger partial charge in [-0.1, -0.05) is 11.6 Å². The van der Waals surface area contributed by atoms with Crippen molar-refractivity contribution in [3.63, 3.8) is 0 Å². The van der Waals surface area contributed by atoms with E-state index in [4.69, 9.17) is 11.6 Å². The Labute approximate surface area is 129 Å². The highest BCUT2D eigenvalue weighted by Crippen LogP contribution is 2.32. The van der Waals surface area contributed by atoms with Crippen LogP contribution in [-0.2, 0) is 0 Å². The number of amides is 1. The number of anilines is 1. The second-order valence-electron chi connectivity index (χ2n) is 4.28. The average Bonchev–Trinajstić information content (AvgIpc) is 2.33. The minimum absolute atomic E-state index is 0.128. The molecule has 0 saturated carbocycles. The molecule has 1 aromatic carbocycles. The lowest BCUT2D eigenvalue weighted by Crippen LogP contribution is -2.15. The van der Waals surface area contributed by atoms with Gasteiger partial charge in [0.25, 0.3) is 5.91 Å². The van der Waals surface area contributed by atoms with Gasteiger partial charge in [-0.15, -0.1) is 0 Å². The summed E-state index contributed by atoms with van der Waals surface area (Å²) in [7, 11) is 0. The van der Waals surface area contributed by atoms with Crippen molar-refractivity contribution in [3.05, 3.63) is 56.5 Å². The van der Waals surface area contributed by atoms with Crippen molar-refractivity contribution >= 4 is 39.1 Å². The standard InChI is InChI=1S/C14H11BrClFN2O/c1-7-3-4-10(8(2)18-7)14(20)19-13-11(15)5-9(17)6-12(13)16/h3-6H,1-2H3,(H,19,20). The fraction of sp³-hybridized carbons (Fsp3) is 0.143. The fourth-order valence-corrected chi connectivity index (χ4v) is 2.67. The monoisotopic (exact) mass is 356 g/mol. The Morgan fingerprint density at radius 3 is 2.65 bits per heavy atom. The molecule has 2 rings (SSSR count). The molecule has 0 fully saturated rings. The molecule has 104 valence electrons. The van der Waals surface area contributed by atoms with Crippen LogP contribution in [0.4, 0.5) is 10.1 Å². The molecule has 1 heterocycles. The van der Waals surface area contributed by atoms with E-state index in [0.717, 1.165) is 11.8 Å². The molecule has 0 spiro atoms. The summed E-state index contributed by atoms with van der Waals surface area (Å²) in [6, 6.07) is 5.82. The molecular weight excluding hydrogens is 347 g/mol. The van der Waals surface area contributed by atoms with Gasteiger partial charge in [-0.25, -0.2) is 4.39 Å². The van der Waals surface area contributed by atoms with Gasteiger partial charge in [0.2, 0.25) is 0 Å². The molecule has 1 N–H and O–H groups in total. The van der Waals surface area contributed by atoms with Crippen LogP contribution < -0.4 is 5.32 Å². The summed E-state index contributed by atoms with van der Waals surface area (Å²) < 4.78 is 13.5. The topological polar surface area (TPSA) is 42.0 Å². The van der Waals surface area contributed by atoms with Crippen LogP contribution >= 0.6 is 27.5 Å². The number of rotatable bonds is 2. The molecule has 0 unspecified atom stereocenters. The minimum atomic E-state index is -0.479. The van der Waals surface area contributed by atoms with Crippen LogP contribution in [0.3, 0.4) is 0 Å². The predicted molar refractivity (Wildman–Crippen MR) is 80.8 cm³/mol. The first-order chi connectivity index (χ1) is 9.38. The SMILES string of the molecule is Cc1ccc(C(=O)Nc2c(Cl)cc(F)cc2Br)c(C)n1. The van der Waals surface area contributed by atoms with Crippen LogP contribution in [0.5, 0.6) is 0 Å². The van der Waals surface area contributed by atoms with Gasteiger partial charge < -0.3 is 5.32 Å². The van der Waals surface area contributed by atoms with Gasteiger partial charge >= 0.3 is 0 Å². The number of carbonyl (C=O) groups excluding carboxylic acids is 1. The predicted octanol–water partition coefficient (Wildman–Crippen LogP) is 4.51. The van der Waals surface area contributed by atoms with Crippen LogP contribution in [0, 0.1) is 19.7 Å². The first kappa shape index (κ1) is 14.9. The molecule has 3 nitrogen and oxygen atoms in total. The van der Waals surface area contributed by atoms with E-state index < -0.39 is 5.82 Å². The molecule has 0 saturated heterocycles. The third-order valence-corrected chi connectivity index (χ3v) is 3.64. The summed E-state index contributed by atoms with van der Waals surface area (Å²) in [6.07, 6.45) is 0. The molecular formula is C14H11BrClFN2O. The van der Waals surface area contributed by atoms with E-state index >= 15 is 0 Å². The lowest BCUT2D eigenvalue weighted by molar-refractivity contribution is 0.102. The van der Waals surface area contributed by atoms with Crippen LogP contribution in [0.25, 0.3) is 0 Å². The molecule has 0 aliphatic heterocycles. The summed E-state index contributed by atoms with van der Waals surface area (Å²) in [4.78, 5) is 16.4. The molecule has 1 amide bonds. The molecule has 0 bridgehead atoms. The van der Waals surface area contributed by atoms with E-state index in [1.165, 1.54) is 6.07 Å². The first-order valence-corrected chi connectivity index (χ1v) is 6.95. The Balaban J connectivity index is 2.33. The molecule has 0 aliphatic carbocycles. The van der Waals surface area contributed by atoms with Gasteiger partial charge in [-0.2, -0.15) is 0 Å². The number of aryl methyl sites for hydroxylation is 2. The number of aromatic nitrogens is 1. The molecule has 0 atom stereocenters. The Hall–Kier alpha value is -1.46. The van der Waals surface area contributed by atoms with Crippen LogP contribution in [0.15, 0.2) is 28.7 Å². The number of nitrogens with zero attached hydrogens (tertiary/aromatic N) is 1. The highest BCUT2D eigenvalue weighted by Gasteiger charge is 2.15. The lowest BCUT2D eigenvalue weighted by Gasteiger charge is -2.11. The zero-order valence-electron chi connectivity index (χ0n) is 10.8. The molecule has 0 radical (unpaired) electrons. The van der Waals surface area contributed by atoms with Gasteiger partial charge in [-0.05, 0) is 54.0 Å². The van der Waals surface area contributed by atoms with E-state index in [1.54, 1.807) is 19.1 Å². The van der Waals surface area contributed by atoms with Gasteiger partial charge in [-0.3, -0.25) is 9.78 Å². The van der Waals surface area contributed by atoms with E-state index in [0.29, 0.717) is 21.4 Å². The third kappa shape index (κ3) is 3.16. The summed E-state index contributed by atoms with van der Waals surface area (Å²) in [5, 5.41) is 2.79. The van der Waals surface area contributed by atoms with E-state index in [-0.39, 0.29) is 10.9 Å². The van der Waals surface area contributed by atoms with Crippen molar-refractivity contribution in [2.75, 3.05) is 5.32 Å². The van der Waals surface area contributed by atoms with Gasteiger partial charge in [0.1, 0.15) is 5.82 Å². The normalized spacial score (nSPS) is 10.4. The Bertz CT molecular complexity index is 668. The van der Waals surface area contributed by atoms with E-state index in [1.807, 2.05) is 6.92 Å². The maximum absolute atomic E-state index is 13.1. The number of halogens is 3. The zero-order valence-corrected chi connectivity index (χ0v) is 13.1. The highest BCUT2D eigenvalue weighted by molar-refractivity contribution is 9.10. The van der Waals surface area contributed by atoms with Crippen LogP contribution in [-0.4, -0.2) is 10.9 Å². The molecule has 1 aromatic heterocycles. The van der Waals surface area contributed by atoms with Crippen molar-refractivity contribution in [3.8, 4) is 0 Å². The summed E-state index contributed by atoms with van der Waals surface area (Å²) >= 11 is 9.11. The summed E-state index contributed by atoms with van der Waals surface area (Å²) in [5.74, 6) is -0.822. The highest BCUT2D eigenvalue weighted by atomic mass is 79.9. The Morgan fingerprint density at radius 2 is 2.05 bits per heavy atom. The van der Waals surface area contributed by atoms with Crippen LogP contribution in [0.1, 0.15) is 21.7 Å². The quantitative estimate of drug-likeness (QED) is 0.859. The molecule has 20 heavy (non-hydrogen) atoms. The van der Waals surface area contributed by atoms with E-state index in [2.05, 4.69) is 26.2 Å². The van der Waals surface area contributed by atoms with Gasteiger partial charge in [0, 0.05) is 10.2 Å². The maximum Gasteiger partial charge on any atom is 0.257 e. The number of hydrogen-bond donors (Lipinski definition) is 1. The van der Waals surface area contributed by atoms with Crippen LogP contribution in [0.2, 0.25) is 5.02 Å².